The van der Waals surface area contributed by atoms with E-state index in [2.05, 4.69) is 6.07 Å². The van der Waals surface area contributed by atoms with Crippen LogP contribution >= 0.6 is 0 Å². The number of ether oxygens (including phenoxy) is 3. The number of rotatable bonds is 5. The topological polar surface area (TPSA) is 71.8 Å². The first-order valence-electron chi connectivity index (χ1n) is 10.2. The predicted molar refractivity (Wildman–Crippen MR) is 114 cm³/mol. The molecule has 0 N–H and O–H groups in total. The van der Waals surface area contributed by atoms with Gasteiger partial charge in [-0.1, -0.05) is 30.3 Å². The second kappa shape index (κ2) is 9.69. The molecule has 31 heavy (non-hydrogen) atoms. The highest BCUT2D eigenvalue weighted by molar-refractivity contribution is 5.68. The summed E-state index contributed by atoms with van der Waals surface area (Å²) in [5.41, 5.74) is 0.666. The number of likely N-dealkylation sites (tertiary alicyclic amines) is 1. The van der Waals surface area contributed by atoms with E-state index in [0.717, 1.165) is 5.56 Å². The summed E-state index contributed by atoms with van der Waals surface area (Å²) in [6.45, 7) is 5.86. The Balaban J connectivity index is 1.63. The molecular formula is C24H27FN2O4. The lowest BCUT2D eigenvalue weighted by Gasteiger charge is -2.35. The third-order valence-corrected chi connectivity index (χ3v) is 4.73. The molecule has 2 atom stereocenters. The number of amides is 1. The van der Waals surface area contributed by atoms with Crippen LogP contribution in [0.2, 0.25) is 0 Å². The van der Waals surface area contributed by atoms with Crippen LogP contribution in [0.15, 0.2) is 48.5 Å². The number of alkyl halides is 1. The number of nitriles is 1. The van der Waals surface area contributed by atoms with Crippen LogP contribution in [0.3, 0.4) is 0 Å². The zero-order valence-electron chi connectivity index (χ0n) is 18.0. The summed E-state index contributed by atoms with van der Waals surface area (Å²) in [4.78, 5) is 13.5. The second-order valence-corrected chi connectivity index (χ2v) is 8.43. The van der Waals surface area contributed by atoms with Crippen molar-refractivity contribution in [2.45, 2.75) is 51.7 Å². The minimum absolute atomic E-state index is 0.119. The van der Waals surface area contributed by atoms with Gasteiger partial charge in [0.2, 0.25) is 0 Å². The molecule has 3 rings (SSSR count). The van der Waals surface area contributed by atoms with Crippen molar-refractivity contribution in [3.63, 3.8) is 0 Å². The molecule has 0 unspecified atom stereocenters. The van der Waals surface area contributed by atoms with Gasteiger partial charge in [0, 0.05) is 19.0 Å². The summed E-state index contributed by atoms with van der Waals surface area (Å²) in [7, 11) is 0. The van der Waals surface area contributed by atoms with Crippen molar-refractivity contribution in [1.82, 2.24) is 4.90 Å². The highest BCUT2D eigenvalue weighted by atomic mass is 19.1. The fourth-order valence-corrected chi connectivity index (χ4v) is 3.19. The average molecular weight is 426 g/mol. The van der Waals surface area contributed by atoms with Gasteiger partial charge in [0.1, 0.15) is 35.9 Å². The zero-order valence-corrected chi connectivity index (χ0v) is 18.0. The van der Waals surface area contributed by atoms with Crippen LogP contribution in [0.25, 0.3) is 0 Å². The Morgan fingerprint density at radius 2 is 1.97 bits per heavy atom. The van der Waals surface area contributed by atoms with Crippen LogP contribution < -0.4 is 9.47 Å². The second-order valence-electron chi connectivity index (χ2n) is 8.43. The molecule has 1 heterocycles. The molecule has 0 aliphatic carbocycles. The molecule has 0 spiro atoms. The number of piperidine rings is 1. The SMILES string of the molecule is CC(C)(C)OC(=O)N1CC[C@@H](Oc2cc(OCc3ccccc3)ccc2C#N)[C@H](F)C1. The molecule has 2 aromatic rings. The first kappa shape index (κ1) is 22.4. The minimum Gasteiger partial charge on any atom is -0.489 e. The quantitative estimate of drug-likeness (QED) is 0.683. The number of carbonyl (C=O) groups excluding carboxylic acids is 1. The van der Waals surface area contributed by atoms with Gasteiger partial charge in [-0.2, -0.15) is 5.26 Å². The lowest BCUT2D eigenvalue weighted by atomic mass is 10.1. The van der Waals surface area contributed by atoms with Crippen LogP contribution in [0.5, 0.6) is 11.5 Å². The van der Waals surface area contributed by atoms with E-state index in [0.29, 0.717) is 30.9 Å². The van der Waals surface area contributed by atoms with Crippen molar-refractivity contribution in [3.8, 4) is 17.6 Å². The van der Waals surface area contributed by atoms with Crippen molar-refractivity contribution in [3.05, 3.63) is 59.7 Å². The molecule has 1 fully saturated rings. The Hall–Kier alpha value is -3.27. The van der Waals surface area contributed by atoms with Crippen molar-refractivity contribution in [2.75, 3.05) is 13.1 Å². The van der Waals surface area contributed by atoms with Crippen LogP contribution in [0.4, 0.5) is 9.18 Å². The van der Waals surface area contributed by atoms with Crippen molar-refractivity contribution in [1.29, 1.82) is 5.26 Å². The Morgan fingerprint density at radius 1 is 1.23 bits per heavy atom. The van der Waals surface area contributed by atoms with E-state index in [1.807, 2.05) is 30.3 Å². The number of nitrogens with zero attached hydrogens (tertiary/aromatic N) is 2. The number of hydrogen-bond donors (Lipinski definition) is 0. The summed E-state index contributed by atoms with van der Waals surface area (Å²) in [6.07, 6.45) is -2.42. The molecule has 164 valence electrons. The third kappa shape index (κ3) is 6.35. The summed E-state index contributed by atoms with van der Waals surface area (Å²) < 4.78 is 31.8. The van der Waals surface area contributed by atoms with E-state index < -0.39 is 24.0 Å². The first-order chi connectivity index (χ1) is 14.7. The molecule has 1 aliphatic rings. The molecule has 1 aliphatic heterocycles. The maximum atomic E-state index is 14.8. The maximum absolute atomic E-state index is 14.8. The zero-order chi connectivity index (χ0) is 22.4. The molecule has 0 aromatic heterocycles. The molecule has 6 nitrogen and oxygen atoms in total. The van der Waals surface area contributed by atoms with Gasteiger partial charge < -0.3 is 19.1 Å². The summed E-state index contributed by atoms with van der Waals surface area (Å²) >= 11 is 0. The molecule has 7 heteroatoms. The minimum atomic E-state index is -1.40. The summed E-state index contributed by atoms with van der Waals surface area (Å²) in [5.74, 6) is 0.797. The van der Waals surface area contributed by atoms with E-state index in [-0.39, 0.29) is 12.3 Å². The van der Waals surface area contributed by atoms with Crippen molar-refractivity contribution in [2.24, 2.45) is 0 Å². The van der Waals surface area contributed by atoms with Gasteiger partial charge in [-0.25, -0.2) is 9.18 Å². The van der Waals surface area contributed by atoms with Crippen molar-refractivity contribution >= 4 is 6.09 Å². The van der Waals surface area contributed by atoms with Gasteiger partial charge in [-0.05, 0) is 38.5 Å². The van der Waals surface area contributed by atoms with E-state index in [9.17, 15) is 14.4 Å². The van der Waals surface area contributed by atoms with Gasteiger partial charge in [-0.3, -0.25) is 0 Å². The Bertz CT molecular complexity index is 937. The third-order valence-electron chi connectivity index (χ3n) is 4.73. The molecular weight excluding hydrogens is 399 g/mol. The first-order valence-corrected chi connectivity index (χ1v) is 10.2. The number of carbonyl (C=O) groups is 1. The molecule has 1 saturated heterocycles. The fourth-order valence-electron chi connectivity index (χ4n) is 3.19. The summed E-state index contributed by atoms with van der Waals surface area (Å²) in [6, 6.07) is 16.6. The van der Waals surface area contributed by atoms with E-state index >= 15 is 0 Å². The van der Waals surface area contributed by atoms with Crippen LogP contribution in [0, 0.1) is 11.3 Å². The van der Waals surface area contributed by atoms with Crippen LogP contribution in [-0.4, -0.2) is 42.0 Å². The highest BCUT2D eigenvalue weighted by Gasteiger charge is 2.35. The Morgan fingerprint density at radius 3 is 2.61 bits per heavy atom. The largest absolute Gasteiger partial charge is 0.489 e. The smallest absolute Gasteiger partial charge is 0.410 e. The van der Waals surface area contributed by atoms with Crippen LogP contribution in [0.1, 0.15) is 38.3 Å². The summed E-state index contributed by atoms with van der Waals surface area (Å²) in [5, 5.41) is 9.40. The lowest BCUT2D eigenvalue weighted by Crippen LogP contribution is -2.50. The number of halogens is 1. The molecule has 0 bridgehead atoms. The molecule has 0 radical (unpaired) electrons. The van der Waals surface area contributed by atoms with Crippen LogP contribution in [-0.2, 0) is 11.3 Å². The van der Waals surface area contributed by atoms with E-state index in [1.54, 1.807) is 39.0 Å². The Kier molecular flexibility index (Phi) is 7.01. The maximum Gasteiger partial charge on any atom is 0.410 e. The standard InChI is InChI=1S/C24H27FN2O4/c1-24(2,3)31-23(28)27-12-11-21(20(25)15-27)30-22-13-19(10-9-18(22)14-26)29-16-17-7-5-4-6-8-17/h4-10,13,20-21H,11-12,15-16H2,1-3H3/t20-,21-/m1/s1. The number of benzene rings is 2. The highest BCUT2D eigenvalue weighted by Crippen LogP contribution is 2.29. The molecule has 1 amide bonds. The normalized spacial score (nSPS) is 18.7. The Labute approximate surface area is 182 Å². The van der Waals surface area contributed by atoms with E-state index in [1.165, 1.54) is 4.90 Å². The number of hydrogen-bond acceptors (Lipinski definition) is 5. The van der Waals surface area contributed by atoms with Gasteiger partial charge in [0.15, 0.2) is 6.17 Å². The van der Waals surface area contributed by atoms with Gasteiger partial charge in [0.05, 0.1) is 12.1 Å². The monoisotopic (exact) mass is 426 g/mol. The molecule has 0 saturated carbocycles. The average Bonchev–Trinajstić information content (AvgIpc) is 2.73. The van der Waals surface area contributed by atoms with E-state index in [4.69, 9.17) is 14.2 Å². The predicted octanol–water partition coefficient (Wildman–Crippen LogP) is 4.86. The fraction of sp³-hybridized carbons (Fsp3) is 0.417. The molecule has 2 aromatic carbocycles. The van der Waals surface area contributed by atoms with Gasteiger partial charge in [-0.15, -0.1) is 0 Å². The van der Waals surface area contributed by atoms with Gasteiger partial charge in [0.25, 0.3) is 0 Å². The lowest BCUT2D eigenvalue weighted by molar-refractivity contribution is -0.0106. The van der Waals surface area contributed by atoms with Crippen molar-refractivity contribution < 1.29 is 23.4 Å². The van der Waals surface area contributed by atoms with Gasteiger partial charge >= 0.3 is 6.09 Å².